The van der Waals surface area contributed by atoms with Crippen molar-refractivity contribution >= 4 is 17.4 Å². The molecule has 1 fully saturated rings. The van der Waals surface area contributed by atoms with Gasteiger partial charge in [0.2, 0.25) is 0 Å². The van der Waals surface area contributed by atoms with Crippen molar-refractivity contribution in [1.29, 1.82) is 0 Å². The largest absolute Gasteiger partial charge is 0.294 e. The summed E-state index contributed by atoms with van der Waals surface area (Å²) in [5.41, 5.74) is 1.91. The van der Waals surface area contributed by atoms with E-state index >= 15 is 0 Å². The van der Waals surface area contributed by atoms with Crippen molar-refractivity contribution < 1.29 is 4.79 Å². The van der Waals surface area contributed by atoms with E-state index in [2.05, 4.69) is 13.8 Å². The molecule has 0 amide bonds. The molecule has 1 unspecified atom stereocenters. The average molecular weight is 265 g/mol. The van der Waals surface area contributed by atoms with Gasteiger partial charge in [0.05, 0.1) is 0 Å². The van der Waals surface area contributed by atoms with Gasteiger partial charge < -0.3 is 0 Å². The van der Waals surface area contributed by atoms with Crippen LogP contribution in [0.25, 0.3) is 0 Å². The number of ketones is 1. The fourth-order valence-electron chi connectivity index (χ4n) is 2.93. The van der Waals surface area contributed by atoms with Crippen molar-refractivity contribution in [2.45, 2.75) is 46.5 Å². The summed E-state index contributed by atoms with van der Waals surface area (Å²) in [4.78, 5) is 12.6. The van der Waals surface area contributed by atoms with Crippen molar-refractivity contribution in [3.8, 4) is 0 Å². The first-order valence-corrected chi connectivity index (χ1v) is 7.10. The van der Waals surface area contributed by atoms with Gasteiger partial charge in [0.1, 0.15) is 0 Å². The lowest BCUT2D eigenvalue weighted by atomic mass is 9.66. The Morgan fingerprint density at radius 1 is 1.33 bits per heavy atom. The van der Waals surface area contributed by atoms with E-state index in [1.807, 2.05) is 25.1 Å². The molecule has 1 nitrogen and oxygen atoms in total. The second-order valence-corrected chi connectivity index (χ2v) is 6.52. The third kappa shape index (κ3) is 2.61. The average Bonchev–Trinajstić information content (AvgIpc) is 2.31. The molecule has 0 radical (unpaired) electrons. The van der Waals surface area contributed by atoms with Crippen LogP contribution in [0.15, 0.2) is 18.2 Å². The fourth-order valence-corrected chi connectivity index (χ4v) is 3.11. The van der Waals surface area contributed by atoms with Gasteiger partial charge in [0, 0.05) is 16.5 Å². The van der Waals surface area contributed by atoms with Gasteiger partial charge >= 0.3 is 0 Å². The Kier molecular flexibility index (Phi) is 3.82. The van der Waals surface area contributed by atoms with Crippen LogP contribution >= 0.6 is 11.6 Å². The van der Waals surface area contributed by atoms with Gasteiger partial charge in [0.15, 0.2) is 5.78 Å². The Morgan fingerprint density at radius 2 is 2.06 bits per heavy atom. The molecule has 18 heavy (non-hydrogen) atoms. The highest BCUT2D eigenvalue weighted by molar-refractivity contribution is 6.31. The first-order valence-electron chi connectivity index (χ1n) is 6.72. The second kappa shape index (κ2) is 5.05. The van der Waals surface area contributed by atoms with Gasteiger partial charge in [-0.15, -0.1) is 0 Å². The molecular weight excluding hydrogens is 244 g/mol. The summed E-state index contributed by atoms with van der Waals surface area (Å²) in [5, 5.41) is 0.689. The molecule has 1 aromatic rings. The molecule has 1 aliphatic carbocycles. The number of benzene rings is 1. The van der Waals surface area contributed by atoms with Crippen LogP contribution in [0.4, 0.5) is 0 Å². The molecule has 0 aliphatic heterocycles. The zero-order valence-corrected chi connectivity index (χ0v) is 12.2. The van der Waals surface area contributed by atoms with Crippen LogP contribution in [-0.2, 0) is 0 Å². The lowest BCUT2D eigenvalue weighted by Gasteiger charge is -2.37. The van der Waals surface area contributed by atoms with Gasteiger partial charge in [0.25, 0.3) is 0 Å². The Morgan fingerprint density at radius 3 is 2.67 bits per heavy atom. The molecule has 1 saturated carbocycles. The predicted octanol–water partition coefficient (Wildman–Crippen LogP) is 5.05. The molecule has 2 rings (SSSR count). The van der Waals surface area contributed by atoms with Gasteiger partial charge in [-0.25, -0.2) is 0 Å². The molecule has 1 aromatic carbocycles. The first-order chi connectivity index (χ1) is 8.42. The van der Waals surface area contributed by atoms with E-state index in [1.54, 1.807) is 0 Å². The molecule has 0 heterocycles. The van der Waals surface area contributed by atoms with Crippen LogP contribution in [0, 0.1) is 18.3 Å². The maximum atomic E-state index is 12.6. The van der Waals surface area contributed by atoms with Crippen LogP contribution in [0.2, 0.25) is 5.02 Å². The van der Waals surface area contributed by atoms with Crippen LogP contribution in [0.3, 0.4) is 0 Å². The summed E-state index contributed by atoms with van der Waals surface area (Å²) in [6.45, 7) is 6.39. The van der Waals surface area contributed by atoms with Crippen molar-refractivity contribution in [3.05, 3.63) is 34.3 Å². The highest BCUT2D eigenvalue weighted by Gasteiger charge is 2.37. The molecule has 0 saturated heterocycles. The van der Waals surface area contributed by atoms with Gasteiger partial charge in [-0.05, 0) is 36.8 Å². The van der Waals surface area contributed by atoms with E-state index in [-0.39, 0.29) is 17.1 Å². The van der Waals surface area contributed by atoms with Crippen molar-refractivity contribution in [2.24, 2.45) is 11.3 Å². The van der Waals surface area contributed by atoms with Gasteiger partial charge in [-0.2, -0.15) is 0 Å². The number of hydrogen-bond donors (Lipinski definition) is 0. The zero-order chi connectivity index (χ0) is 13.3. The first kappa shape index (κ1) is 13.6. The van der Waals surface area contributed by atoms with Crippen molar-refractivity contribution in [1.82, 2.24) is 0 Å². The number of Topliss-reactive ketones (excluding diaryl/α,β-unsaturated/α-hetero) is 1. The molecule has 1 aliphatic rings. The molecule has 98 valence electrons. The molecule has 0 spiro atoms. The summed E-state index contributed by atoms with van der Waals surface area (Å²) in [6.07, 6.45) is 4.56. The van der Waals surface area contributed by atoms with E-state index in [0.29, 0.717) is 5.02 Å². The standard InChI is InChI=1S/C16H21ClO/c1-11-7-8-12(10-14(11)17)15(18)13-6-4-5-9-16(13,2)3/h7-8,10,13H,4-6,9H2,1-3H3. The van der Waals surface area contributed by atoms with Gasteiger partial charge in [-0.3, -0.25) is 4.79 Å². The second-order valence-electron chi connectivity index (χ2n) is 6.12. The van der Waals surface area contributed by atoms with Crippen molar-refractivity contribution in [2.75, 3.05) is 0 Å². The number of rotatable bonds is 2. The van der Waals surface area contributed by atoms with E-state index < -0.39 is 0 Å². The normalized spacial score (nSPS) is 22.8. The number of halogens is 1. The highest BCUT2D eigenvalue weighted by atomic mass is 35.5. The monoisotopic (exact) mass is 264 g/mol. The molecule has 0 aromatic heterocycles. The van der Waals surface area contributed by atoms with Crippen LogP contribution in [-0.4, -0.2) is 5.78 Å². The quantitative estimate of drug-likeness (QED) is 0.684. The maximum absolute atomic E-state index is 12.6. The Balaban J connectivity index is 2.27. The molecule has 1 atom stereocenters. The summed E-state index contributed by atoms with van der Waals surface area (Å²) >= 11 is 6.12. The molecule has 0 bridgehead atoms. The summed E-state index contributed by atoms with van der Waals surface area (Å²) in [5.74, 6) is 0.409. The van der Waals surface area contributed by atoms with Crippen LogP contribution < -0.4 is 0 Å². The summed E-state index contributed by atoms with van der Waals surface area (Å²) < 4.78 is 0. The smallest absolute Gasteiger partial charge is 0.166 e. The molecule has 2 heteroatoms. The summed E-state index contributed by atoms with van der Waals surface area (Å²) in [7, 11) is 0. The SMILES string of the molecule is Cc1ccc(C(=O)C2CCCCC2(C)C)cc1Cl. The minimum Gasteiger partial charge on any atom is -0.294 e. The molecule has 0 N–H and O–H groups in total. The number of aryl methyl sites for hydroxylation is 1. The molecular formula is C16H21ClO. The van der Waals surface area contributed by atoms with E-state index in [1.165, 1.54) is 12.8 Å². The van der Waals surface area contributed by atoms with Crippen LogP contribution in [0.1, 0.15) is 55.5 Å². The Labute approximate surface area is 115 Å². The third-order valence-electron chi connectivity index (χ3n) is 4.28. The van der Waals surface area contributed by atoms with Crippen LogP contribution in [0.5, 0.6) is 0 Å². The lowest BCUT2D eigenvalue weighted by Crippen LogP contribution is -2.34. The number of carbonyl (C=O) groups excluding carboxylic acids is 1. The highest BCUT2D eigenvalue weighted by Crippen LogP contribution is 2.42. The summed E-state index contributed by atoms with van der Waals surface area (Å²) in [6, 6.07) is 5.67. The Hall–Kier alpha value is -0.820. The number of carbonyl (C=O) groups is 1. The van der Waals surface area contributed by atoms with E-state index in [4.69, 9.17) is 11.6 Å². The van der Waals surface area contributed by atoms with E-state index in [9.17, 15) is 4.79 Å². The number of hydrogen-bond acceptors (Lipinski definition) is 1. The van der Waals surface area contributed by atoms with Gasteiger partial charge in [-0.1, -0.05) is 50.4 Å². The lowest BCUT2D eigenvalue weighted by molar-refractivity contribution is 0.0697. The maximum Gasteiger partial charge on any atom is 0.166 e. The fraction of sp³-hybridized carbons (Fsp3) is 0.562. The van der Waals surface area contributed by atoms with E-state index in [0.717, 1.165) is 24.0 Å². The Bertz CT molecular complexity index is 462. The zero-order valence-electron chi connectivity index (χ0n) is 11.4. The minimum atomic E-state index is 0.118. The topological polar surface area (TPSA) is 17.1 Å². The minimum absolute atomic E-state index is 0.118. The van der Waals surface area contributed by atoms with Crippen molar-refractivity contribution in [3.63, 3.8) is 0 Å². The third-order valence-corrected chi connectivity index (χ3v) is 4.69. The predicted molar refractivity (Wildman–Crippen MR) is 76.3 cm³/mol.